The van der Waals surface area contributed by atoms with Crippen molar-refractivity contribution in [3.05, 3.63) is 145 Å². The second-order valence-corrected chi connectivity index (χ2v) is 22.5. The number of phenolic OH excluding ortho intramolecular Hbond substituents is 3. The summed E-state index contributed by atoms with van der Waals surface area (Å²) in [5.41, 5.74) is 6.53. The molecule has 0 amide bonds. The van der Waals surface area contributed by atoms with Crippen LogP contribution in [-0.2, 0) is 39.0 Å². The molecular formula is C69H94GaN4O4Zn2. The molecule has 0 spiro atoms. The van der Waals surface area contributed by atoms with E-state index in [1.54, 1.807) is 30.7 Å². The number of aromatic nitrogens is 4. The van der Waals surface area contributed by atoms with Gasteiger partial charge in [0.2, 0.25) is 0 Å². The van der Waals surface area contributed by atoms with Crippen molar-refractivity contribution in [2.75, 3.05) is 0 Å². The summed E-state index contributed by atoms with van der Waals surface area (Å²) >= 11 is 0.809. The van der Waals surface area contributed by atoms with Crippen LogP contribution in [0.25, 0.3) is 43.6 Å². The van der Waals surface area contributed by atoms with E-state index < -0.39 is 0 Å². The molecule has 0 aliphatic carbocycles. The van der Waals surface area contributed by atoms with Gasteiger partial charge in [0.25, 0.3) is 0 Å². The van der Waals surface area contributed by atoms with Gasteiger partial charge in [-0.2, -0.15) is 0 Å². The number of fused-ring (bicyclic) bond motifs is 4. The Labute approximate surface area is 517 Å². The van der Waals surface area contributed by atoms with Crippen LogP contribution in [0.3, 0.4) is 0 Å². The normalized spacial score (nSPS) is 13.2. The molecule has 8 aromatic rings. The Morgan fingerprint density at radius 1 is 0.388 bits per heavy atom. The number of nitrogens with zero attached hydrogens (tertiary/aromatic N) is 4. The second-order valence-electron chi connectivity index (χ2n) is 21.9. The molecule has 0 aliphatic rings. The minimum absolute atomic E-state index is 0. The van der Waals surface area contributed by atoms with Crippen LogP contribution in [0.15, 0.2) is 128 Å². The van der Waals surface area contributed by atoms with E-state index in [4.69, 9.17) is 3.53 Å². The van der Waals surface area contributed by atoms with Gasteiger partial charge in [0, 0.05) is 73.7 Å². The van der Waals surface area contributed by atoms with E-state index in [2.05, 4.69) is 125 Å². The third kappa shape index (κ3) is 21.1. The fourth-order valence-electron chi connectivity index (χ4n) is 10.9. The molecule has 6 unspecified atom stereocenters. The quantitative estimate of drug-likeness (QED) is 0.0484. The minimum Gasteiger partial charge on any atom is -0.506 e. The number of para-hydroxylation sites is 1. The molecule has 11 heteroatoms. The summed E-state index contributed by atoms with van der Waals surface area (Å²) in [6.45, 7) is 20.5. The SMILES string of the molecule is CCCCC(CC)CCC(C)c1ccc2cccnc2c1O.CCCCC(CC)CCC(C)c1ccc2cccnc2c1O.CCCCC(CC)CCC(C)c1ccc2cccnc2c1[O][GaH].Oc1cccc2cccnc12.[Zn].[Zn]. The van der Waals surface area contributed by atoms with Gasteiger partial charge in [0.15, 0.2) is 0 Å². The molecule has 8 nitrogen and oxygen atoms in total. The van der Waals surface area contributed by atoms with Crippen LogP contribution in [0.5, 0.6) is 23.0 Å². The maximum atomic E-state index is 10.5. The average Bonchev–Trinajstić information content (AvgIpc) is 3.54. The zero-order valence-electron chi connectivity index (χ0n) is 50.5. The first-order valence-electron chi connectivity index (χ1n) is 29.9. The third-order valence-electron chi connectivity index (χ3n) is 16.3. The molecule has 6 atom stereocenters. The van der Waals surface area contributed by atoms with Crippen molar-refractivity contribution in [2.24, 2.45) is 17.8 Å². The van der Waals surface area contributed by atoms with Crippen molar-refractivity contribution < 1.29 is 57.8 Å². The molecule has 3 N–H and O–H groups in total. The maximum absolute atomic E-state index is 10.5. The van der Waals surface area contributed by atoms with Crippen molar-refractivity contribution >= 4 is 62.6 Å². The van der Waals surface area contributed by atoms with Crippen molar-refractivity contribution in [3.8, 4) is 23.0 Å². The summed E-state index contributed by atoms with van der Waals surface area (Å²) in [6.07, 6.45) is 30.1. The number of phenols is 3. The Morgan fingerprint density at radius 2 is 0.713 bits per heavy atom. The molecule has 421 valence electrons. The van der Waals surface area contributed by atoms with Gasteiger partial charge >= 0.3 is 151 Å². The monoisotopic (exact) mass is 1240 g/mol. The molecule has 4 aromatic carbocycles. The van der Waals surface area contributed by atoms with Crippen LogP contribution in [0.4, 0.5) is 0 Å². The van der Waals surface area contributed by atoms with Crippen LogP contribution in [0.2, 0.25) is 0 Å². The van der Waals surface area contributed by atoms with Gasteiger partial charge in [-0.25, -0.2) is 0 Å². The number of benzene rings is 4. The minimum atomic E-state index is 0. The number of rotatable bonds is 25. The molecule has 0 saturated carbocycles. The predicted octanol–water partition coefficient (Wildman–Crippen LogP) is 19.5. The Balaban J connectivity index is 0.000000285. The summed E-state index contributed by atoms with van der Waals surface area (Å²) in [5.74, 6) is 5.78. The van der Waals surface area contributed by atoms with E-state index in [0.717, 1.165) is 99.1 Å². The Morgan fingerprint density at radius 3 is 1.07 bits per heavy atom. The van der Waals surface area contributed by atoms with Gasteiger partial charge in [0.1, 0.15) is 33.8 Å². The van der Waals surface area contributed by atoms with E-state index in [0.29, 0.717) is 34.8 Å². The molecule has 0 fully saturated rings. The fourth-order valence-corrected chi connectivity index (χ4v) is 11.5. The number of pyridine rings is 4. The van der Waals surface area contributed by atoms with Gasteiger partial charge in [-0.05, 0) is 84.7 Å². The molecule has 0 saturated heterocycles. The van der Waals surface area contributed by atoms with Gasteiger partial charge < -0.3 is 15.3 Å². The molecule has 8 rings (SSSR count). The maximum Gasteiger partial charge on any atom is 0.141 e. The van der Waals surface area contributed by atoms with Crippen molar-refractivity contribution in [2.45, 2.75) is 196 Å². The van der Waals surface area contributed by atoms with Crippen LogP contribution in [-0.4, -0.2) is 54.2 Å². The fraction of sp³-hybridized carbons (Fsp3) is 0.478. The standard InChI is InChI=1S/3C20H29NO.C9H7NO.Ga.2Zn.H/c3*1-4-6-8-16(5-2)11-10-15(3)18-13-12-17-9-7-14-21-19(17)20(18)22;11-8-5-1-3-7-4-2-6-10-9(7)8;;;;/h3*7,9,12-16,22H,4-6,8,10-11H2,1-3H3;1-6,11H;;;;/q;;;;+1;;;/p-1. The van der Waals surface area contributed by atoms with Gasteiger partial charge in [-0.1, -0.05) is 148 Å². The third-order valence-corrected chi connectivity index (χ3v) is 16.9. The largest absolute Gasteiger partial charge is 0.506 e. The summed E-state index contributed by atoms with van der Waals surface area (Å²) < 4.78 is 5.84. The summed E-state index contributed by atoms with van der Waals surface area (Å²) in [4.78, 5) is 17.2. The molecule has 4 heterocycles. The van der Waals surface area contributed by atoms with Crippen molar-refractivity contribution in [3.63, 3.8) is 0 Å². The van der Waals surface area contributed by atoms with Crippen molar-refractivity contribution in [1.82, 2.24) is 19.9 Å². The summed E-state index contributed by atoms with van der Waals surface area (Å²) in [6, 6.07) is 33.7. The average molecular weight is 1240 g/mol. The first kappa shape index (κ1) is 69.9. The zero-order valence-corrected chi connectivity index (χ0v) is 59.4. The van der Waals surface area contributed by atoms with Gasteiger partial charge in [0.05, 0.1) is 0 Å². The summed E-state index contributed by atoms with van der Waals surface area (Å²) in [5, 5.41) is 34.5. The van der Waals surface area contributed by atoms with Gasteiger partial charge in [-0.15, -0.1) is 0 Å². The molecule has 1 radical (unpaired) electrons. The van der Waals surface area contributed by atoms with Crippen LogP contribution in [0, 0.1) is 17.8 Å². The topological polar surface area (TPSA) is 121 Å². The number of aromatic hydroxyl groups is 3. The summed E-state index contributed by atoms with van der Waals surface area (Å²) in [7, 11) is 0. The second kappa shape index (κ2) is 38.4. The molecule has 0 aliphatic heterocycles. The molecule has 4 aromatic heterocycles. The first-order valence-corrected chi connectivity index (χ1v) is 31.1. The molecule has 80 heavy (non-hydrogen) atoms. The van der Waals surface area contributed by atoms with E-state index in [9.17, 15) is 15.3 Å². The number of hydrogen-bond acceptors (Lipinski definition) is 8. The van der Waals surface area contributed by atoms with Crippen LogP contribution < -0.4 is 3.53 Å². The van der Waals surface area contributed by atoms with Crippen LogP contribution in [0.1, 0.15) is 212 Å². The Hall–Kier alpha value is -4.40. The zero-order chi connectivity index (χ0) is 56.2. The van der Waals surface area contributed by atoms with E-state index >= 15 is 0 Å². The predicted molar refractivity (Wildman–Crippen MR) is 333 cm³/mol. The van der Waals surface area contributed by atoms with Crippen LogP contribution >= 0.6 is 0 Å². The van der Waals surface area contributed by atoms with Crippen molar-refractivity contribution in [1.29, 1.82) is 0 Å². The molecule has 0 bridgehead atoms. The smallest absolute Gasteiger partial charge is 0.141 e. The first-order chi connectivity index (χ1) is 37.9. The van der Waals surface area contributed by atoms with E-state index in [1.807, 2.05) is 54.7 Å². The number of hydrogen-bond donors (Lipinski definition) is 3. The van der Waals surface area contributed by atoms with E-state index in [-0.39, 0.29) is 44.7 Å². The van der Waals surface area contributed by atoms with Gasteiger partial charge in [-0.3, -0.25) is 15.0 Å². The Kier molecular flexibility index (Phi) is 33.5. The van der Waals surface area contributed by atoms with E-state index in [1.165, 1.54) is 114 Å². The Bertz CT molecular complexity index is 2880. The molecular weight excluding hydrogens is 1150 g/mol. The number of unbranched alkanes of at least 4 members (excludes halogenated alkanes) is 3.